The minimum absolute atomic E-state index is 0.0934. The van der Waals surface area contributed by atoms with Gasteiger partial charge in [-0.2, -0.15) is 0 Å². The second kappa shape index (κ2) is 7.45. The van der Waals surface area contributed by atoms with Crippen LogP contribution in [0, 0.1) is 0 Å². The minimum Gasteiger partial charge on any atom is -0.482 e. The Hall–Kier alpha value is -3.06. The van der Waals surface area contributed by atoms with Crippen molar-refractivity contribution >= 4 is 32.5 Å². The van der Waals surface area contributed by atoms with Gasteiger partial charge >= 0.3 is 5.97 Å². The third-order valence-corrected chi connectivity index (χ3v) is 5.13. The summed E-state index contributed by atoms with van der Waals surface area (Å²) in [5.74, 6) is -0.140. The molecular weight excluding hydrogens is 354 g/mol. The molecule has 0 heterocycles. The van der Waals surface area contributed by atoms with E-state index in [1.165, 1.54) is 31.4 Å². The van der Waals surface area contributed by atoms with Crippen LogP contribution in [0.25, 0.3) is 10.8 Å². The average Bonchev–Trinajstić information content (AvgIpc) is 2.66. The molecule has 0 spiro atoms. The fourth-order valence-electron chi connectivity index (χ4n) is 2.43. The van der Waals surface area contributed by atoms with Gasteiger partial charge in [0.25, 0.3) is 10.0 Å². The molecule has 0 aromatic heterocycles. The third-order valence-electron chi connectivity index (χ3n) is 3.75. The molecule has 0 saturated heterocycles. The zero-order valence-electron chi connectivity index (χ0n) is 14.0. The summed E-state index contributed by atoms with van der Waals surface area (Å²) in [6.45, 7) is -0.239. The molecule has 7 heteroatoms. The van der Waals surface area contributed by atoms with Crippen LogP contribution in [0.4, 0.5) is 5.69 Å². The largest absolute Gasteiger partial charge is 0.482 e. The highest BCUT2D eigenvalue weighted by Gasteiger charge is 2.15. The molecule has 0 aliphatic carbocycles. The van der Waals surface area contributed by atoms with Crippen molar-refractivity contribution in [2.75, 3.05) is 18.4 Å². The molecule has 6 nitrogen and oxygen atoms in total. The Morgan fingerprint density at radius 1 is 0.962 bits per heavy atom. The molecule has 0 fully saturated rings. The summed E-state index contributed by atoms with van der Waals surface area (Å²) in [5.41, 5.74) is 0.508. The lowest BCUT2D eigenvalue weighted by molar-refractivity contribution is -0.142. The van der Waals surface area contributed by atoms with E-state index in [1.807, 2.05) is 30.3 Å². The topological polar surface area (TPSA) is 81.7 Å². The maximum Gasteiger partial charge on any atom is 0.343 e. The van der Waals surface area contributed by atoms with Gasteiger partial charge in [0.1, 0.15) is 5.75 Å². The van der Waals surface area contributed by atoms with Crippen LogP contribution in [0.15, 0.2) is 71.6 Å². The number of rotatable bonds is 6. The molecule has 3 rings (SSSR count). The Kier molecular flexibility index (Phi) is 5.09. The zero-order valence-corrected chi connectivity index (χ0v) is 14.8. The molecule has 1 N–H and O–H groups in total. The van der Waals surface area contributed by atoms with E-state index >= 15 is 0 Å². The van der Waals surface area contributed by atoms with Crippen molar-refractivity contribution in [3.8, 4) is 5.75 Å². The summed E-state index contributed by atoms with van der Waals surface area (Å²) in [5, 5.41) is 1.76. The molecule has 3 aromatic carbocycles. The van der Waals surface area contributed by atoms with E-state index in [9.17, 15) is 13.2 Å². The van der Waals surface area contributed by atoms with Crippen molar-refractivity contribution < 1.29 is 22.7 Å². The van der Waals surface area contributed by atoms with Crippen molar-refractivity contribution in [3.05, 3.63) is 66.7 Å². The Labute approximate surface area is 151 Å². The van der Waals surface area contributed by atoms with Gasteiger partial charge in [-0.3, -0.25) is 4.72 Å². The number of fused-ring (bicyclic) bond motifs is 1. The van der Waals surface area contributed by atoms with Gasteiger partial charge in [0.05, 0.1) is 17.7 Å². The number of esters is 1. The summed E-state index contributed by atoms with van der Waals surface area (Å²) >= 11 is 0. The van der Waals surface area contributed by atoms with Crippen LogP contribution in [0.2, 0.25) is 0 Å². The zero-order chi connectivity index (χ0) is 18.6. The monoisotopic (exact) mass is 371 g/mol. The molecule has 0 bridgehead atoms. The number of benzene rings is 3. The maximum atomic E-state index is 12.6. The highest BCUT2D eigenvalue weighted by atomic mass is 32.2. The first-order valence-electron chi connectivity index (χ1n) is 7.80. The van der Waals surface area contributed by atoms with Gasteiger partial charge in [-0.15, -0.1) is 0 Å². The first-order chi connectivity index (χ1) is 12.5. The molecule has 0 saturated carbocycles. The van der Waals surface area contributed by atoms with E-state index in [0.717, 1.165) is 10.8 Å². The predicted octanol–water partition coefficient (Wildman–Crippen LogP) is 3.19. The quantitative estimate of drug-likeness (QED) is 0.673. The predicted molar refractivity (Wildman–Crippen MR) is 98.7 cm³/mol. The lowest BCUT2D eigenvalue weighted by Crippen LogP contribution is -2.14. The first-order valence-corrected chi connectivity index (χ1v) is 9.28. The van der Waals surface area contributed by atoms with Crippen LogP contribution in [-0.4, -0.2) is 28.1 Å². The second-order valence-corrected chi connectivity index (χ2v) is 7.15. The van der Waals surface area contributed by atoms with Crippen molar-refractivity contribution in [3.63, 3.8) is 0 Å². The van der Waals surface area contributed by atoms with Crippen LogP contribution in [0.3, 0.4) is 0 Å². The molecule has 134 valence electrons. The van der Waals surface area contributed by atoms with Crippen LogP contribution < -0.4 is 9.46 Å². The van der Waals surface area contributed by atoms with Crippen molar-refractivity contribution in [2.45, 2.75) is 4.90 Å². The van der Waals surface area contributed by atoms with E-state index in [0.29, 0.717) is 11.4 Å². The second-order valence-electron chi connectivity index (χ2n) is 5.47. The molecule has 0 aliphatic heterocycles. The number of anilines is 1. The Balaban J connectivity index is 1.80. The number of hydrogen-bond donors (Lipinski definition) is 1. The van der Waals surface area contributed by atoms with Crippen molar-refractivity contribution in [1.29, 1.82) is 0 Å². The van der Waals surface area contributed by atoms with Gasteiger partial charge < -0.3 is 9.47 Å². The van der Waals surface area contributed by atoms with Gasteiger partial charge in [-0.1, -0.05) is 36.4 Å². The standard InChI is InChI=1S/C19H17NO5S/c1-24-19(21)13-25-15-9-11-16(12-10-15)26(22,23)20-18-8-4-6-14-5-2-3-7-17(14)18/h2-12,20H,13H2,1H3. The number of carbonyl (C=O) groups is 1. The fourth-order valence-corrected chi connectivity index (χ4v) is 3.51. The lowest BCUT2D eigenvalue weighted by Gasteiger charge is -2.11. The molecular formula is C19H17NO5S. The number of hydrogen-bond acceptors (Lipinski definition) is 5. The third kappa shape index (κ3) is 3.94. The van der Waals surface area contributed by atoms with Gasteiger partial charge in [-0.05, 0) is 35.7 Å². The van der Waals surface area contributed by atoms with E-state index < -0.39 is 16.0 Å². The molecule has 0 atom stereocenters. The molecule has 0 amide bonds. The van der Waals surface area contributed by atoms with Crippen molar-refractivity contribution in [2.24, 2.45) is 0 Å². The number of ether oxygens (including phenoxy) is 2. The van der Waals surface area contributed by atoms with E-state index in [2.05, 4.69) is 9.46 Å². The van der Waals surface area contributed by atoms with Gasteiger partial charge in [0.2, 0.25) is 0 Å². The number of nitrogens with one attached hydrogen (secondary N) is 1. The Morgan fingerprint density at radius 3 is 2.38 bits per heavy atom. The van der Waals surface area contributed by atoms with E-state index in [-0.39, 0.29) is 11.5 Å². The number of methoxy groups -OCH3 is 1. The summed E-state index contributed by atoms with van der Waals surface area (Å²) in [4.78, 5) is 11.2. The molecule has 0 radical (unpaired) electrons. The Bertz CT molecular complexity index is 1020. The average molecular weight is 371 g/mol. The van der Waals surface area contributed by atoms with Crippen molar-refractivity contribution in [1.82, 2.24) is 0 Å². The fraction of sp³-hybridized carbons (Fsp3) is 0.105. The minimum atomic E-state index is -3.75. The Morgan fingerprint density at radius 2 is 1.65 bits per heavy atom. The summed E-state index contributed by atoms with van der Waals surface area (Å²) < 4.78 is 37.6. The summed E-state index contributed by atoms with van der Waals surface area (Å²) in [6.07, 6.45) is 0. The molecule has 0 aliphatic rings. The van der Waals surface area contributed by atoms with Gasteiger partial charge in [-0.25, -0.2) is 13.2 Å². The summed E-state index contributed by atoms with van der Waals surface area (Å²) in [6, 6.07) is 18.8. The lowest BCUT2D eigenvalue weighted by atomic mass is 10.1. The van der Waals surface area contributed by atoms with Crippen LogP contribution in [0.1, 0.15) is 0 Å². The highest BCUT2D eigenvalue weighted by molar-refractivity contribution is 7.92. The van der Waals surface area contributed by atoms with E-state index in [1.54, 1.807) is 12.1 Å². The van der Waals surface area contributed by atoms with Gasteiger partial charge in [0, 0.05) is 5.39 Å². The SMILES string of the molecule is COC(=O)COc1ccc(S(=O)(=O)Nc2cccc3ccccc23)cc1. The van der Waals surface area contributed by atoms with E-state index in [4.69, 9.17) is 4.74 Å². The normalized spacial score (nSPS) is 11.1. The molecule has 3 aromatic rings. The smallest absolute Gasteiger partial charge is 0.343 e. The molecule has 26 heavy (non-hydrogen) atoms. The number of sulfonamides is 1. The van der Waals surface area contributed by atoms with Crippen LogP contribution in [0.5, 0.6) is 5.75 Å². The molecule has 0 unspecified atom stereocenters. The summed E-state index contributed by atoms with van der Waals surface area (Å²) in [7, 11) is -2.49. The van der Waals surface area contributed by atoms with Crippen LogP contribution in [-0.2, 0) is 19.6 Å². The van der Waals surface area contributed by atoms with Gasteiger partial charge in [0.15, 0.2) is 6.61 Å². The first kappa shape index (κ1) is 17.8. The highest BCUT2D eigenvalue weighted by Crippen LogP contribution is 2.26. The maximum absolute atomic E-state index is 12.6. The number of carbonyl (C=O) groups excluding carboxylic acids is 1. The van der Waals surface area contributed by atoms with Crippen LogP contribution >= 0.6 is 0 Å².